The Hall–Kier alpha value is -2.81. The Labute approximate surface area is 258 Å². The third-order valence-electron chi connectivity index (χ3n) is 8.86. The van der Waals surface area contributed by atoms with Crippen molar-refractivity contribution >= 4 is 41.1 Å². The molecular formula is C32H40Cl2N4O4. The first kappa shape index (κ1) is 30.6. The van der Waals surface area contributed by atoms with E-state index >= 15 is 0 Å². The molecule has 226 valence electrons. The number of hydrogen-bond donors (Lipinski definition) is 0. The zero-order chi connectivity index (χ0) is 30.1. The summed E-state index contributed by atoms with van der Waals surface area (Å²) in [5.41, 5.74) is 3.59. The van der Waals surface area contributed by atoms with Crippen LogP contribution in [0.1, 0.15) is 66.2 Å². The summed E-state index contributed by atoms with van der Waals surface area (Å²) in [5, 5.41) is 0.868. The monoisotopic (exact) mass is 614 g/mol. The lowest BCUT2D eigenvalue weighted by Gasteiger charge is -2.42. The fourth-order valence-corrected chi connectivity index (χ4v) is 6.81. The number of rotatable bonds is 7. The first-order chi connectivity index (χ1) is 20.0. The van der Waals surface area contributed by atoms with Crippen LogP contribution in [0, 0.1) is 13.8 Å². The molecule has 0 spiro atoms. The number of aryl methyl sites for hydroxylation is 2. The molecule has 3 fully saturated rings. The van der Waals surface area contributed by atoms with Crippen LogP contribution in [-0.4, -0.2) is 95.0 Å². The lowest BCUT2D eigenvalue weighted by molar-refractivity contribution is -0.136. The van der Waals surface area contributed by atoms with Crippen molar-refractivity contribution in [2.24, 2.45) is 0 Å². The summed E-state index contributed by atoms with van der Waals surface area (Å²) in [6.45, 7) is 11.2. The molecule has 0 saturated carbocycles. The van der Waals surface area contributed by atoms with Crippen LogP contribution in [0.25, 0.3) is 0 Å². The molecule has 3 amide bonds. The topological polar surface area (TPSA) is 73.4 Å². The molecule has 3 heterocycles. The molecule has 5 rings (SSSR count). The first-order valence-corrected chi connectivity index (χ1v) is 15.6. The van der Waals surface area contributed by atoms with Crippen LogP contribution < -0.4 is 0 Å². The van der Waals surface area contributed by atoms with Crippen LogP contribution in [0.4, 0.5) is 4.79 Å². The number of carbonyl (C=O) groups excluding carboxylic acids is 3. The predicted molar refractivity (Wildman–Crippen MR) is 164 cm³/mol. The van der Waals surface area contributed by atoms with Gasteiger partial charge in [-0.2, -0.15) is 0 Å². The minimum atomic E-state index is -0.336. The van der Waals surface area contributed by atoms with E-state index in [9.17, 15) is 14.4 Å². The second-order valence-electron chi connectivity index (χ2n) is 11.9. The molecule has 0 aromatic heterocycles. The third-order valence-corrected chi connectivity index (χ3v) is 9.60. The van der Waals surface area contributed by atoms with Crippen molar-refractivity contribution in [1.82, 2.24) is 19.6 Å². The van der Waals surface area contributed by atoms with Crippen molar-refractivity contribution in [2.45, 2.75) is 71.2 Å². The maximum absolute atomic E-state index is 13.7. The molecule has 3 aliphatic heterocycles. The Bertz CT molecular complexity index is 1330. The van der Waals surface area contributed by atoms with Crippen LogP contribution >= 0.6 is 23.2 Å². The summed E-state index contributed by atoms with van der Waals surface area (Å²) in [7, 11) is 0. The Morgan fingerprint density at radius 2 is 1.67 bits per heavy atom. The number of likely N-dealkylation sites (tertiary alicyclic amines) is 2. The van der Waals surface area contributed by atoms with Gasteiger partial charge in [-0.1, -0.05) is 53.4 Å². The minimum Gasteiger partial charge on any atom is -0.446 e. The van der Waals surface area contributed by atoms with E-state index in [0.29, 0.717) is 54.8 Å². The summed E-state index contributed by atoms with van der Waals surface area (Å²) in [6.07, 6.45) is 1.74. The maximum atomic E-state index is 13.7. The van der Waals surface area contributed by atoms with Crippen LogP contribution in [-0.2, 0) is 9.53 Å². The molecule has 2 bridgehead atoms. The number of nitrogens with zero attached hydrogens (tertiary/aromatic N) is 4. The summed E-state index contributed by atoms with van der Waals surface area (Å²) >= 11 is 12.6. The van der Waals surface area contributed by atoms with Crippen molar-refractivity contribution < 1.29 is 19.1 Å². The first-order valence-electron chi connectivity index (χ1n) is 14.9. The van der Waals surface area contributed by atoms with Gasteiger partial charge in [0.05, 0.1) is 16.1 Å². The average molecular weight is 616 g/mol. The number of hydrogen-bond acceptors (Lipinski definition) is 5. The van der Waals surface area contributed by atoms with E-state index in [0.717, 1.165) is 36.1 Å². The Morgan fingerprint density at radius 3 is 2.31 bits per heavy atom. The second-order valence-corrected chi connectivity index (χ2v) is 12.8. The van der Waals surface area contributed by atoms with Gasteiger partial charge in [0.1, 0.15) is 6.10 Å². The number of ether oxygens (including phenoxy) is 1. The molecule has 2 unspecified atom stereocenters. The van der Waals surface area contributed by atoms with E-state index in [1.54, 1.807) is 12.1 Å². The quantitative estimate of drug-likeness (QED) is 0.399. The fourth-order valence-electron chi connectivity index (χ4n) is 6.50. The molecular weight excluding hydrogens is 575 g/mol. The largest absolute Gasteiger partial charge is 0.446 e. The van der Waals surface area contributed by atoms with Crippen LogP contribution in [0.3, 0.4) is 0 Å². The van der Waals surface area contributed by atoms with E-state index in [1.165, 1.54) is 0 Å². The number of piperazine rings is 2. The lowest BCUT2D eigenvalue weighted by atomic mass is 10.00. The summed E-state index contributed by atoms with van der Waals surface area (Å²) < 4.78 is 5.55. The van der Waals surface area contributed by atoms with Gasteiger partial charge in [-0.25, -0.2) is 4.79 Å². The smallest absolute Gasteiger partial charge is 0.410 e. The average Bonchev–Trinajstić information content (AvgIpc) is 3.57. The van der Waals surface area contributed by atoms with Gasteiger partial charge in [0.2, 0.25) is 5.91 Å². The summed E-state index contributed by atoms with van der Waals surface area (Å²) in [5.74, 6) is 0.00356. The van der Waals surface area contributed by atoms with E-state index < -0.39 is 0 Å². The maximum Gasteiger partial charge on any atom is 0.410 e. The molecule has 0 aliphatic carbocycles. The van der Waals surface area contributed by atoms with Gasteiger partial charge < -0.3 is 19.4 Å². The van der Waals surface area contributed by atoms with E-state index in [2.05, 4.69) is 4.90 Å². The molecule has 0 N–H and O–H groups in total. The minimum absolute atomic E-state index is 0.0385. The standard InChI is InChI=1S/C32H40Cl2N4O4/c1-5-22(4)42-32(41)38-18-25-16-26(38)17-35(25)9-8-30(39)37-11-10-36(31(40)24-13-20(2)12-21(3)14-24)19-29(37)23-6-7-27(33)28(34)15-23/h6-7,12-15,22,25-26,29H,5,8-11,16-19H2,1-4H3/t22-,25-,26?,29?/m0/s1. The van der Waals surface area contributed by atoms with Crippen molar-refractivity contribution in [3.63, 3.8) is 0 Å². The van der Waals surface area contributed by atoms with Gasteiger partial charge in [0.15, 0.2) is 0 Å². The number of carbonyl (C=O) groups is 3. The molecule has 3 aliphatic rings. The normalized spacial score (nSPS) is 22.9. The molecule has 0 radical (unpaired) electrons. The van der Waals surface area contributed by atoms with Gasteiger partial charge in [0, 0.05) is 63.3 Å². The number of benzene rings is 2. The Morgan fingerprint density at radius 1 is 0.929 bits per heavy atom. The summed E-state index contributed by atoms with van der Waals surface area (Å²) in [4.78, 5) is 47.7. The van der Waals surface area contributed by atoms with Gasteiger partial charge in [-0.3, -0.25) is 14.5 Å². The van der Waals surface area contributed by atoms with Crippen molar-refractivity contribution in [2.75, 3.05) is 39.3 Å². The van der Waals surface area contributed by atoms with Crippen LogP contribution in [0.5, 0.6) is 0 Å². The molecule has 42 heavy (non-hydrogen) atoms. The highest BCUT2D eigenvalue weighted by Gasteiger charge is 2.46. The van der Waals surface area contributed by atoms with Crippen LogP contribution in [0.2, 0.25) is 10.0 Å². The number of halogens is 2. The van der Waals surface area contributed by atoms with Gasteiger partial charge in [-0.15, -0.1) is 0 Å². The van der Waals surface area contributed by atoms with E-state index in [1.807, 2.05) is 66.7 Å². The molecule has 2 aromatic carbocycles. The fraction of sp³-hybridized carbons (Fsp3) is 0.531. The highest BCUT2D eigenvalue weighted by atomic mass is 35.5. The van der Waals surface area contributed by atoms with Gasteiger partial charge in [-0.05, 0) is 63.4 Å². The predicted octanol–water partition coefficient (Wildman–Crippen LogP) is 5.72. The Balaban J connectivity index is 1.25. The molecule has 3 saturated heterocycles. The Kier molecular flexibility index (Phi) is 9.35. The molecule has 2 aromatic rings. The summed E-state index contributed by atoms with van der Waals surface area (Å²) in [6, 6.07) is 11.3. The SMILES string of the molecule is CC[C@H](C)OC(=O)N1C[C@@H]2CC1CN2CCC(=O)N1CCN(C(=O)c2cc(C)cc(C)c2)CC1c1ccc(Cl)c(Cl)c1. The van der Waals surface area contributed by atoms with Gasteiger partial charge in [0.25, 0.3) is 5.91 Å². The van der Waals surface area contributed by atoms with E-state index in [-0.39, 0.29) is 42.1 Å². The zero-order valence-corrected chi connectivity index (χ0v) is 26.3. The highest BCUT2D eigenvalue weighted by Crippen LogP contribution is 2.34. The number of amides is 3. The zero-order valence-electron chi connectivity index (χ0n) is 24.8. The van der Waals surface area contributed by atoms with Crippen LogP contribution in [0.15, 0.2) is 36.4 Å². The van der Waals surface area contributed by atoms with Crippen molar-refractivity contribution in [3.8, 4) is 0 Å². The molecule has 10 heteroatoms. The third kappa shape index (κ3) is 6.56. The number of fused-ring (bicyclic) bond motifs is 2. The molecule has 8 nitrogen and oxygen atoms in total. The van der Waals surface area contributed by atoms with Gasteiger partial charge >= 0.3 is 6.09 Å². The van der Waals surface area contributed by atoms with Crippen molar-refractivity contribution in [3.05, 3.63) is 68.7 Å². The van der Waals surface area contributed by atoms with E-state index in [4.69, 9.17) is 27.9 Å². The highest BCUT2D eigenvalue weighted by molar-refractivity contribution is 6.42. The second kappa shape index (κ2) is 12.8. The lowest BCUT2D eigenvalue weighted by Crippen LogP contribution is -2.53. The van der Waals surface area contributed by atoms with Crippen molar-refractivity contribution in [1.29, 1.82) is 0 Å². The molecule has 4 atom stereocenters.